The Kier molecular flexibility index (Phi) is 8.81. The summed E-state index contributed by atoms with van der Waals surface area (Å²) in [6.45, 7) is 7.04. The third-order valence-electron chi connectivity index (χ3n) is 5.28. The Bertz CT molecular complexity index is 660. The molecule has 0 saturated carbocycles. The first kappa shape index (κ1) is 22.7. The lowest BCUT2D eigenvalue weighted by Gasteiger charge is -2.24. The highest BCUT2D eigenvalue weighted by molar-refractivity contribution is 14.0. The van der Waals surface area contributed by atoms with Crippen molar-refractivity contribution in [3.05, 3.63) is 29.8 Å². The van der Waals surface area contributed by atoms with E-state index in [-0.39, 0.29) is 41.8 Å². The Morgan fingerprint density at radius 1 is 1.29 bits per heavy atom. The van der Waals surface area contributed by atoms with Gasteiger partial charge in [-0.05, 0) is 37.5 Å². The highest BCUT2D eigenvalue weighted by Gasteiger charge is 2.42. The fourth-order valence-electron chi connectivity index (χ4n) is 3.66. The molecule has 2 aliphatic rings. The standard InChI is InChI=1S/C20H30N4O3.HI/c1-3-21-19(24-10-8-20(14-24)9-11-27-15-20)23-13-18(25)22-12-16-4-6-17(26-2)7-5-16;/h4-7H,3,8-15H2,1-2H3,(H,21,23)(H,22,25);1H. The van der Waals surface area contributed by atoms with Crippen LogP contribution >= 0.6 is 24.0 Å². The van der Waals surface area contributed by atoms with Gasteiger partial charge in [0.2, 0.25) is 5.91 Å². The zero-order chi connectivity index (χ0) is 19.1. The number of hydrogen-bond acceptors (Lipinski definition) is 4. The molecule has 2 fully saturated rings. The quantitative estimate of drug-likeness (QED) is 0.354. The fourth-order valence-corrected chi connectivity index (χ4v) is 3.66. The third kappa shape index (κ3) is 5.97. The number of carbonyl (C=O) groups is 1. The molecule has 1 unspecified atom stereocenters. The predicted molar refractivity (Wildman–Crippen MR) is 120 cm³/mol. The van der Waals surface area contributed by atoms with Gasteiger partial charge in [-0.3, -0.25) is 4.79 Å². The van der Waals surface area contributed by atoms with Crippen LogP contribution in [0.3, 0.4) is 0 Å². The van der Waals surface area contributed by atoms with E-state index in [4.69, 9.17) is 9.47 Å². The summed E-state index contributed by atoms with van der Waals surface area (Å²) >= 11 is 0. The van der Waals surface area contributed by atoms with Gasteiger partial charge in [-0.15, -0.1) is 24.0 Å². The summed E-state index contributed by atoms with van der Waals surface area (Å²) in [4.78, 5) is 19.0. The topological polar surface area (TPSA) is 75.2 Å². The molecule has 7 nitrogen and oxygen atoms in total. The number of aliphatic imine (C=N–C) groups is 1. The van der Waals surface area contributed by atoms with Gasteiger partial charge in [0.05, 0.1) is 13.7 Å². The first-order chi connectivity index (χ1) is 13.1. The van der Waals surface area contributed by atoms with Crippen molar-refractivity contribution in [3.8, 4) is 5.75 Å². The van der Waals surface area contributed by atoms with Crippen LogP contribution in [0.25, 0.3) is 0 Å². The van der Waals surface area contributed by atoms with E-state index in [0.717, 1.165) is 63.0 Å². The van der Waals surface area contributed by atoms with Crippen molar-refractivity contribution in [1.82, 2.24) is 15.5 Å². The van der Waals surface area contributed by atoms with Gasteiger partial charge in [0.1, 0.15) is 12.3 Å². The van der Waals surface area contributed by atoms with E-state index in [2.05, 4.69) is 20.5 Å². The van der Waals surface area contributed by atoms with Gasteiger partial charge >= 0.3 is 0 Å². The summed E-state index contributed by atoms with van der Waals surface area (Å²) < 4.78 is 10.7. The van der Waals surface area contributed by atoms with Crippen LogP contribution in [-0.4, -0.2) is 63.3 Å². The Labute approximate surface area is 184 Å². The number of nitrogens with zero attached hydrogens (tertiary/aromatic N) is 2. The molecule has 1 aromatic rings. The van der Waals surface area contributed by atoms with Gasteiger partial charge < -0.3 is 25.0 Å². The number of ether oxygens (including phenoxy) is 2. The second-order valence-electron chi connectivity index (χ2n) is 7.27. The summed E-state index contributed by atoms with van der Waals surface area (Å²) in [5.74, 6) is 1.54. The lowest BCUT2D eigenvalue weighted by Crippen LogP contribution is -2.42. The van der Waals surface area contributed by atoms with Gasteiger partial charge in [0, 0.05) is 38.2 Å². The second-order valence-corrected chi connectivity index (χ2v) is 7.27. The minimum atomic E-state index is -0.0840. The SMILES string of the molecule is CCNC(=NCC(=O)NCc1ccc(OC)cc1)N1CCC2(CCOC2)C1.I. The van der Waals surface area contributed by atoms with Crippen molar-refractivity contribution >= 4 is 35.8 Å². The van der Waals surface area contributed by atoms with Crippen LogP contribution in [0.1, 0.15) is 25.3 Å². The maximum Gasteiger partial charge on any atom is 0.242 e. The van der Waals surface area contributed by atoms with Gasteiger partial charge in [-0.2, -0.15) is 0 Å². The maximum absolute atomic E-state index is 12.2. The van der Waals surface area contributed by atoms with E-state index in [1.54, 1.807) is 7.11 Å². The van der Waals surface area contributed by atoms with Crippen molar-refractivity contribution in [2.45, 2.75) is 26.3 Å². The summed E-state index contributed by atoms with van der Waals surface area (Å²) in [6.07, 6.45) is 2.24. The number of benzene rings is 1. The molecule has 2 heterocycles. The predicted octanol–water partition coefficient (Wildman–Crippen LogP) is 2.01. The van der Waals surface area contributed by atoms with Crippen LogP contribution in [0, 0.1) is 5.41 Å². The van der Waals surface area contributed by atoms with Crippen molar-refractivity contribution in [3.63, 3.8) is 0 Å². The molecule has 3 rings (SSSR count). The number of halogens is 1. The Hall–Kier alpha value is -1.55. The first-order valence-electron chi connectivity index (χ1n) is 9.65. The van der Waals surface area contributed by atoms with E-state index in [1.165, 1.54) is 0 Å². The van der Waals surface area contributed by atoms with Crippen molar-refractivity contribution in [2.75, 3.05) is 46.5 Å². The Balaban J connectivity index is 0.00000280. The summed E-state index contributed by atoms with van der Waals surface area (Å²) in [7, 11) is 1.64. The number of methoxy groups -OCH3 is 1. The van der Waals surface area contributed by atoms with Gasteiger partial charge in [-0.1, -0.05) is 12.1 Å². The van der Waals surface area contributed by atoms with Crippen LogP contribution in [0.15, 0.2) is 29.3 Å². The number of rotatable bonds is 6. The number of carbonyl (C=O) groups excluding carboxylic acids is 1. The Morgan fingerprint density at radius 2 is 2.07 bits per heavy atom. The summed E-state index contributed by atoms with van der Waals surface area (Å²) in [6, 6.07) is 7.66. The minimum absolute atomic E-state index is 0. The molecule has 8 heteroatoms. The van der Waals surface area contributed by atoms with E-state index in [9.17, 15) is 4.79 Å². The molecule has 1 spiro atoms. The number of guanidine groups is 1. The number of likely N-dealkylation sites (tertiary alicyclic amines) is 1. The van der Waals surface area contributed by atoms with Crippen molar-refractivity contribution in [1.29, 1.82) is 0 Å². The second kappa shape index (κ2) is 10.8. The van der Waals surface area contributed by atoms with Crippen molar-refractivity contribution in [2.24, 2.45) is 10.4 Å². The lowest BCUT2D eigenvalue weighted by molar-refractivity contribution is -0.119. The average Bonchev–Trinajstić information content (AvgIpc) is 3.33. The van der Waals surface area contributed by atoms with Gasteiger partial charge in [0.15, 0.2) is 5.96 Å². The number of hydrogen-bond donors (Lipinski definition) is 2. The van der Waals surface area contributed by atoms with Crippen LogP contribution in [-0.2, 0) is 16.1 Å². The molecule has 156 valence electrons. The van der Waals surface area contributed by atoms with Crippen molar-refractivity contribution < 1.29 is 14.3 Å². The number of amides is 1. The normalized spacial score (nSPS) is 21.5. The molecule has 0 aromatic heterocycles. The highest BCUT2D eigenvalue weighted by Crippen LogP contribution is 2.38. The molecule has 0 bridgehead atoms. The fraction of sp³-hybridized carbons (Fsp3) is 0.600. The molecular weight excluding hydrogens is 471 g/mol. The van der Waals surface area contributed by atoms with Crippen LogP contribution in [0.5, 0.6) is 5.75 Å². The molecule has 28 heavy (non-hydrogen) atoms. The average molecular weight is 502 g/mol. The lowest BCUT2D eigenvalue weighted by atomic mass is 9.87. The molecule has 1 amide bonds. The monoisotopic (exact) mass is 502 g/mol. The highest BCUT2D eigenvalue weighted by atomic mass is 127. The van der Waals surface area contributed by atoms with E-state index >= 15 is 0 Å². The van der Waals surface area contributed by atoms with Crippen LogP contribution in [0.4, 0.5) is 0 Å². The largest absolute Gasteiger partial charge is 0.497 e. The maximum atomic E-state index is 12.2. The van der Waals surface area contributed by atoms with E-state index in [0.29, 0.717) is 6.54 Å². The molecule has 1 atom stereocenters. The molecule has 2 aliphatic heterocycles. The smallest absolute Gasteiger partial charge is 0.242 e. The zero-order valence-corrected chi connectivity index (χ0v) is 19.0. The minimum Gasteiger partial charge on any atom is -0.497 e. The Morgan fingerprint density at radius 3 is 2.71 bits per heavy atom. The summed E-state index contributed by atoms with van der Waals surface area (Å²) in [5, 5.41) is 6.23. The van der Waals surface area contributed by atoms with E-state index in [1.807, 2.05) is 31.2 Å². The molecular formula is C20H31IN4O3. The summed E-state index contributed by atoms with van der Waals surface area (Å²) in [5.41, 5.74) is 1.30. The molecule has 1 aromatic carbocycles. The first-order valence-corrected chi connectivity index (χ1v) is 9.65. The third-order valence-corrected chi connectivity index (χ3v) is 5.28. The van der Waals surface area contributed by atoms with Gasteiger partial charge in [-0.25, -0.2) is 4.99 Å². The van der Waals surface area contributed by atoms with Crippen LogP contribution < -0.4 is 15.4 Å². The zero-order valence-electron chi connectivity index (χ0n) is 16.7. The van der Waals surface area contributed by atoms with Crippen LogP contribution in [0.2, 0.25) is 0 Å². The molecule has 2 saturated heterocycles. The van der Waals surface area contributed by atoms with Gasteiger partial charge in [0.25, 0.3) is 0 Å². The molecule has 0 aliphatic carbocycles. The number of nitrogens with one attached hydrogen (secondary N) is 2. The molecule has 0 radical (unpaired) electrons. The molecule has 2 N–H and O–H groups in total. The van der Waals surface area contributed by atoms with E-state index < -0.39 is 0 Å².